The highest BCUT2D eigenvalue weighted by Gasteiger charge is 2.18. The normalized spacial score (nSPS) is 12.0. The number of nitrogens with zero attached hydrogens (tertiary/aromatic N) is 1. The molecular formula is C14H16FN3O2. The van der Waals surface area contributed by atoms with E-state index in [1.807, 2.05) is 6.92 Å². The van der Waals surface area contributed by atoms with Gasteiger partial charge in [-0.05, 0) is 32.9 Å². The van der Waals surface area contributed by atoms with E-state index in [0.29, 0.717) is 17.1 Å². The summed E-state index contributed by atoms with van der Waals surface area (Å²) in [6.45, 7) is 5.20. The number of H-pyrrole nitrogens is 1. The number of hydrogen-bond acceptors (Lipinski definition) is 3. The molecule has 1 unspecified atom stereocenters. The number of halogens is 1. The topological polar surface area (TPSA) is 67.0 Å². The Hall–Kier alpha value is -2.37. The van der Waals surface area contributed by atoms with Crippen molar-refractivity contribution >= 4 is 11.6 Å². The van der Waals surface area contributed by atoms with Crippen LogP contribution in [0.5, 0.6) is 5.75 Å². The first-order valence-corrected chi connectivity index (χ1v) is 6.22. The Kier molecular flexibility index (Phi) is 4.02. The summed E-state index contributed by atoms with van der Waals surface area (Å²) in [5.74, 6) is -0.410. The quantitative estimate of drug-likeness (QED) is 0.902. The van der Waals surface area contributed by atoms with Crippen LogP contribution in [0.15, 0.2) is 24.3 Å². The van der Waals surface area contributed by atoms with Crippen LogP contribution in [0.3, 0.4) is 0 Å². The number of rotatable bonds is 4. The molecule has 0 aliphatic heterocycles. The molecule has 20 heavy (non-hydrogen) atoms. The molecule has 2 N–H and O–H groups in total. The van der Waals surface area contributed by atoms with Crippen molar-refractivity contribution in [2.45, 2.75) is 26.9 Å². The lowest BCUT2D eigenvalue weighted by molar-refractivity contribution is -0.122. The number of aromatic amines is 1. The van der Waals surface area contributed by atoms with Crippen LogP contribution >= 0.6 is 0 Å². The number of carbonyl (C=O) groups is 1. The van der Waals surface area contributed by atoms with Crippen molar-refractivity contribution in [2.24, 2.45) is 0 Å². The van der Waals surface area contributed by atoms with Gasteiger partial charge in [0.25, 0.3) is 5.91 Å². The third-order valence-corrected chi connectivity index (χ3v) is 2.85. The molecule has 6 heteroatoms. The Balaban J connectivity index is 2.02. The van der Waals surface area contributed by atoms with Gasteiger partial charge >= 0.3 is 0 Å². The molecule has 1 aromatic carbocycles. The Morgan fingerprint density at radius 2 is 2.20 bits per heavy atom. The Morgan fingerprint density at radius 3 is 2.80 bits per heavy atom. The molecule has 0 aliphatic rings. The van der Waals surface area contributed by atoms with E-state index in [-0.39, 0.29) is 5.91 Å². The summed E-state index contributed by atoms with van der Waals surface area (Å²) in [5, 5.41) is 9.52. The molecule has 1 amide bonds. The lowest BCUT2D eigenvalue weighted by Gasteiger charge is -2.14. The zero-order valence-electron chi connectivity index (χ0n) is 11.5. The minimum atomic E-state index is -0.745. The van der Waals surface area contributed by atoms with Gasteiger partial charge in [-0.1, -0.05) is 6.07 Å². The lowest BCUT2D eigenvalue weighted by Crippen LogP contribution is -2.30. The first-order chi connectivity index (χ1) is 9.47. The molecule has 0 aliphatic carbocycles. The van der Waals surface area contributed by atoms with Crippen LogP contribution in [-0.2, 0) is 4.79 Å². The summed E-state index contributed by atoms with van der Waals surface area (Å²) in [6, 6.07) is 5.68. The van der Waals surface area contributed by atoms with E-state index in [0.717, 1.165) is 5.69 Å². The van der Waals surface area contributed by atoms with Crippen LogP contribution in [0.25, 0.3) is 0 Å². The minimum Gasteiger partial charge on any atom is -0.481 e. The van der Waals surface area contributed by atoms with Crippen molar-refractivity contribution in [2.75, 3.05) is 5.32 Å². The molecule has 0 bridgehead atoms. The van der Waals surface area contributed by atoms with E-state index in [4.69, 9.17) is 4.74 Å². The van der Waals surface area contributed by atoms with Crippen molar-refractivity contribution in [3.63, 3.8) is 0 Å². The number of hydrogen-bond donors (Lipinski definition) is 2. The molecule has 0 radical (unpaired) electrons. The van der Waals surface area contributed by atoms with Crippen LogP contribution in [0, 0.1) is 19.7 Å². The first kappa shape index (κ1) is 14.0. The Labute approximate surface area is 116 Å². The molecule has 2 aromatic rings. The van der Waals surface area contributed by atoms with Gasteiger partial charge in [-0.25, -0.2) is 4.39 Å². The molecule has 0 saturated heterocycles. The van der Waals surface area contributed by atoms with E-state index in [1.54, 1.807) is 19.9 Å². The number of aryl methyl sites for hydroxylation is 2. The molecule has 106 valence electrons. The maximum atomic E-state index is 13.0. The Bertz CT molecular complexity index is 605. The van der Waals surface area contributed by atoms with Crippen LogP contribution in [0.1, 0.15) is 18.3 Å². The van der Waals surface area contributed by atoms with E-state index in [1.165, 1.54) is 18.2 Å². The SMILES string of the molecule is Cc1n[nH]c(C)c1NC(=O)C(C)Oc1cccc(F)c1. The molecule has 0 fully saturated rings. The predicted octanol–water partition coefficient (Wildman–Crippen LogP) is 2.57. The van der Waals surface area contributed by atoms with E-state index in [2.05, 4.69) is 15.5 Å². The number of amides is 1. The van der Waals surface area contributed by atoms with Gasteiger partial charge in [-0.3, -0.25) is 9.89 Å². The monoisotopic (exact) mass is 277 g/mol. The second-order valence-corrected chi connectivity index (χ2v) is 4.52. The summed E-state index contributed by atoms with van der Waals surface area (Å²) in [7, 11) is 0. The van der Waals surface area contributed by atoms with Gasteiger partial charge in [0.1, 0.15) is 11.6 Å². The zero-order valence-corrected chi connectivity index (χ0v) is 11.5. The summed E-state index contributed by atoms with van der Waals surface area (Å²) in [5.41, 5.74) is 2.12. The zero-order chi connectivity index (χ0) is 14.7. The number of carbonyl (C=O) groups excluding carboxylic acids is 1. The number of aromatic nitrogens is 2. The van der Waals surface area contributed by atoms with Crippen molar-refractivity contribution in [1.29, 1.82) is 0 Å². The second kappa shape index (κ2) is 5.73. The van der Waals surface area contributed by atoms with Gasteiger partial charge < -0.3 is 10.1 Å². The van der Waals surface area contributed by atoms with Crippen LogP contribution in [0.4, 0.5) is 10.1 Å². The Morgan fingerprint density at radius 1 is 1.45 bits per heavy atom. The number of benzene rings is 1. The van der Waals surface area contributed by atoms with Crippen LogP contribution < -0.4 is 10.1 Å². The van der Waals surface area contributed by atoms with Gasteiger partial charge in [0.15, 0.2) is 6.10 Å². The number of anilines is 1. The minimum absolute atomic E-state index is 0.313. The summed E-state index contributed by atoms with van der Waals surface area (Å²) in [6.07, 6.45) is -0.745. The maximum Gasteiger partial charge on any atom is 0.265 e. The fraction of sp³-hybridized carbons (Fsp3) is 0.286. The van der Waals surface area contributed by atoms with Gasteiger partial charge in [-0.15, -0.1) is 0 Å². The highest BCUT2D eigenvalue weighted by Crippen LogP contribution is 2.18. The summed E-state index contributed by atoms with van der Waals surface area (Å²) >= 11 is 0. The van der Waals surface area contributed by atoms with Crippen molar-refractivity contribution in [3.05, 3.63) is 41.5 Å². The van der Waals surface area contributed by atoms with Crippen molar-refractivity contribution in [1.82, 2.24) is 10.2 Å². The standard InChI is InChI=1S/C14H16FN3O2/c1-8-13(9(2)18-17-8)16-14(19)10(3)20-12-6-4-5-11(15)7-12/h4-7,10H,1-3H3,(H,16,19)(H,17,18). The van der Waals surface area contributed by atoms with Crippen LogP contribution in [-0.4, -0.2) is 22.2 Å². The van der Waals surface area contributed by atoms with Gasteiger partial charge in [0.2, 0.25) is 0 Å². The van der Waals surface area contributed by atoms with Crippen molar-refractivity contribution in [3.8, 4) is 5.75 Å². The molecule has 1 atom stereocenters. The van der Waals surface area contributed by atoms with Crippen molar-refractivity contribution < 1.29 is 13.9 Å². The van der Waals surface area contributed by atoms with Gasteiger partial charge in [-0.2, -0.15) is 5.10 Å². The maximum absolute atomic E-state index is 13.0. The fourth-order valence-corrected chi connectivity index (χ4v) is 1.76. The van der Waals surface area contributed by atoms with E-state index in [9.17, 15) is 9.18 Å². The van der Waals surface area contributed by atoms with Gasteiger partial charge in [0.05, 0.1) is 17.1 Å². The molecule has 5 nitrogen and oxygen atoms in total. The average molecular weight is 277 g/mol. The molecule has 2 rings (SSSR count). The average Bonchev–Trinajstić information content (AvgIpc) is 2.70. The summed E-state index contributed by atoms with van der Waals surface area (Å²) < 4.78 is 18.4. The third-order valence-electron chi connectivity index (χ3n) is 2.85. The molecule has 0 saturated carbocycles. The third kappa shape index (κ3) is 3.14. The lowest BCUT2D eigenvalue weighted by atomic mass is 10.3. The largest absolute Gasteiger partial charge is 0.481 e. The van der Waals surface area contributed by atoms with E-state index >= 15 is 0 Å². The molecular weight excluding hydrogens is 261 g/mol. The number of ether oxygens (including phenoxy) is 1. The predicted molar refractivity (Wildman–Crippen MR) is 73.2 cm³/mol. The molecule has 1 heterocycles. The van der Waals surface area contributed by atoms with E-state index < -0.39 is 11.9 Å². The smallest absolute Gasteiger partial charge is 0.265 e. The van der Waals surface area contributed by atoms with Gasteiger partial charge in [0, 0.05) is 6.07 Å². The molecule has 0 spiro atoms. The highest BCUT2D eigenvalue weighted by molar-refractivity contribution is 5.95. The van der Waals surface area contributed by atoms with Crippen LogP contribution in [0.2, 0.25) is 0 Å². The first-order valence-electron chi connectivity index (χ1n) is 6.22. The summed E-state index contributed by atoms with van der Waals surface area (Å²) in [4.78, 5) is 12.0. The fourth-order valence-electron chi connectivity index (χ4n) is 1.76. The second-order valence-electron chi connectivity index (χ2n) is 4.52. The number of nitrogens with one attached hydrogen (secondary N) is 2. The molecule has 1 aromatic heterocycles. The highest BCUT2D eigenvalue weighted by atomic mass is 19.1.